The number of thioether (sulfide) groups is 1. The number of amides is 2. The van der Waals surface area contributed by atoms with Gasteiger partial charge < -0.3 is 17.0 Å². The average molecular weight is 372 g/mol. The Kier molecular flexibility index (Phi) is 6.70. The van der Waals surface area contributed by atoms with Gasteiger partial charge in [0.2, 0.25) is 5.91 Å². The van der Waals surface area contributed by atoms with Crippen LogP contribution in [0.3, 0.4) is 0 Å². The van der Waals surface area contributed by atoms with Crippen molar-refractivity contribution in [3.8, 4) is 0 Å². The summed E-state index contributed by atoms with van der Waals surface area (Å²) in [5, 5.41) is 20.8. The molecular formula is C16H17N2NaO5S. The summed E-state index contributed by atoms with van der Waals surface area (Å²) in [6, 6.07) is 8.42. The van der Waals surface area contributed by atoms with Crippen LogP contribution >= 0.6 is 11.8 Å². The van der Waals surface area contributed by atoms with Gasteiger partial charge in [-0.05, 0) is 11.1 Å². The standard InChI is InChI=1S/C16H16N2O5S.Na.H/c19-7-10-8-24-15-12(14(21)18(15)13(10)16(22)23)17-11(20)6-9-4-2-1-3-5-9;;/h1-5,12,15,19H,6-8H2,(H,17,20)(H,22,23);;/q;+1;-1/t12-,15-;;/m1../s1. The molecule has 1 saturated heterocycles. The van der Waals surface area contributed by atoms with Crippen molar-refractivity contribution in [2.75, 3.05) is 12.4 Å². The van der Waals surface area contributed by atoms with Crippen molar-refractivity contribution in [1.82, 2.24) is 10.2 Å². The Labute approximate surface area is 172 Å². The average Bonchev–Trinajstić information content (AvgIpc) is 2.58. The normalized spacial score (nSPS) is 21.8. The molecule has 0 saturated carbocycles. The van der Waals surface area contributed by atoms with Crippen molar-refractivity contribution in [2.24, 2.45) is 0 Å². The maximum atomic E-state index is 12.3. The zero-order valence-electron chi connectivity index (χ0n) is 14.6. The number of carboxylic acids is 1. The third-order valence-electron chi connectivity index (χ3n) is 3.96. The molecule has 2 atom stereocenters. The summed E-state index contributed by atoms with van der Waals surface area (Å²) < 4.78 is 0. The van der Waals surface area contributed by atoms with Gasteiger partial charge in [0.15, 0.2) is 0 Å². The molecule has 3 rings (SSSR count). The van der Waals surface area contributed by atoms with Crippen LogP contribution in [0, 0.1) is 0 Å². The largest absolute Gasteiger partial charge is 1.00 e. The second-order valence-corrected chi connectivity index (χ2v) is 6.64. The molecule has 9 heteroatoms. The van der Waals surface area contributed by atoms with Gasteiger partial charge in [-0.1, -0.05) is 30.3 Å². The Hall–Kier alpha value is -1.32. The molecule has 2 aliphatic rings. The first-order valence-electron chi connectivity index (χ1n) is 7.37. The molecule has 128 valence electrons. The number of carbonyl (C=O) groups is 3. The summed E-state index contributed by atoms with van der Waals surface area (Å²) in [5.41, 5.74) is 0.981. The van der Waals surface area contributed by atoms with Crippen LogP contribution in [0.4, 0.5) is 0 Å². The Morgan fingerprint density at radius 2 is 2.00 bits per heavy atom. The Balaban J connectivity index is 0.00000169. The maximum Gasteiger partial charge on any atom is 1.00 e. The van der Waals surface area contributed by atoms with Crippen molar-refractivity contribution < 1.29 is 55.6 Å². The molecule has 7 nitrogen and oxygen atoms in total. The first kappa shape index (κ1) is 20.0. The van der Waals surface area contributed by atoms with E-state index in [0.29, 0.717) is 11.3 Å². The van der Waals surface area contributed by atoms with E-state index in [-0.39, 0.29) is 49.0 Å². The smallest absolute Gasteiger partial charge is 1.00 e. The number of carboxylic acid groups (broad SMARTS) is 1. The quantitative estimate of drug-likeness (QED) is 0.378. The van der Waals surface area contributed by atoms with Gasteiger partial charge in [-0.25, -0.2) is 4.79 Å². The van der Waals surface area contributed by atoms with Crippen LogP contribution in [0.2, 0.25) is 0 Å². The zero-order valence-corrected chi connectivity index (χ0v) is 16.5. The first-order chi connectivity index (χ1) is 11.5. The number of hydrogen-bond acceptors (Lipinski definition) is 5. The number of aliphatic carboxylic acids is 1. The number of rotatable bonds is 5. The van der Waals surface area contributed by atoms with Crippen LogP contribution in [0.25, 0.3) is 0 Å². The number of carbonyl (C=O) groups excluding carboxylic acids is 2. The number of β-lactam (4-membered cyclic amide) rings is 1. The monoisotopic (exact) mass is 372 g/mol. The molecule has 1 aromatic carbocycles. The minimum atomic E-state index is -1.24. The third-order valence-corrected chi connectivity index (χ3v) is 5.30. The van der Waals surface area contributed by atoms with Gasteiger partial charge in [0.1, 0.15) is 17.1 Å². The minimum Gasteiger partial charge on any atom is -1.00 e. The number of aliphatic hydroxyl groups is 1. The van der Waals surface area contributed by atoms with Crippen LogP contribution in [0.15, 0.2) is 41.6 Å². The van der Waals surface area contributed by atoms with Crippen LogP contribution in [-0.4, -0.2) is 56.7 Å². The molecule has 0 bridgehead atoms. The third kappa shape index (κ3) is 3.93. The maximum absolute atomic E-state index is 12.3. The van der Waals surface area contributed by atoms with Crippen LogP contribution < -0.4 is 34.9 Å². The molecular weight excluding hydrogens is 355 g/mol. The van der Waals surface area contributed by atoms with E-state index in [2.05, 4.69) is 5.32 Å². The molecule has 0 unspecified atom stereocenters. The Morgan fingerprint density at radius 3 is 2.60 bits per heavy atom. The van der Waals surface area contributed by atoms with Crippen molar-refractivity contribution in [2.45, 2.75) is 17.8 Å². The molecule has 2 amide bonds. The summed E-state index contributed by atoms with van der Waals surface area (Å²) in [4.78, 5) is 36.9. The van der Waals surface area contributed by atoms with Gasteiger partial charge in [-0.2, -0.15) is 0 Å². The van der Waals surface area contributed by atoms with Crippen LogP contribution in [0.1, 0.15) is 6.99 Å². The van der Waals surface area contributed by atoms with Crippen LogP contribution in [-0.2, 0) is 20.8 Å². The van der Waals surface area contributed by atoms with Gasteiger partial charge in [0.25, 0.3) is 5.91 Å². The van der Waals surface area contributed by atoms with Crippen molar-refractivity contribution in [1.29, 1.82) is 0 Å². The van der Waals surface area contributed by atoms with Gasteiger partial charge >= 0.3 is 35.5 Å². The molecule has 1 fully saturated rings. The number of benzene rings is 1. The molecule has 2 aliphatic heterocycles. The minimum absolute atomic E-state index is 0. The summed E-state index contributed by atoms with van der Waals surface area (Å²) in [6.07, 6.45) is 0.158. The number of aliphatic hydroxyl groups excluding tert-OH is 1. The van der Waals surface area contributed by atoms with Gasteiger partial charge in [0.05, 0.1) is 13.0 Å². The predicted octanol–water partition coefficient (Wildman–Crippen LogP) is -2.92. The molecule has 1 aromatic rings. The van der Waals surface area contributed by atoms with E-state index >= 15 is 0 Å². The van der Waals surface area contributed by atoms with Crippen molar-refractivity contribution in [3.63, 3.8) is 0 Å². The number of hydrogen-bond donors (Lipinski definition) is 3. The summed E-state index contributed by atoms with van der Waals surface area (Å²) in [7, 11) is 0. The fourth-order valence-electron chi connectivity index (χ4n) is 2.81. The summed E-state index contributed by atoms with van der Waals surface area (Å²) in [6.45, 7) is -0.407. The number of fused-ring (bicyclic) bond motifs is 1. The predicted molar refractivity (Wildman–Crippen MR) is 88.0 cm³/mol. The fourth-order valence-corrected chi connectivity index (χ4v) is 4.15. The zero-order chi connectivity index (χ0) is 17.3. The van der Waals surface area contributed by atoms with Crippen LogP contribution in [0.5, 0.6) is 0 Å². The molecule has 2 heterocycles. The number of nitrogens with zero attached hydrogens (tertiary/aromatic N) is 1. The topological polar surface area (TPSA) is 107 Å². The van der Waals surface area contributed by atoms with E-state index in [9.17, 15) is 24.6 Å². The molecule has 0 spiro atoms. The van der Waals surface area contributed by atoms with Crippen molar-refractivity contribution >= 4 is 29.5 Å². The first-order valence-corrected chi connectivity index (χ1v) is 8.42. The van der Waals surface area contributed by atoms with Gasteiger partial charge in [0, 0.05) is 5.75 Å². The fraction of sp³-hybridized carbons (Fsp3) is 0.312. The van der Waals surface area contributed by atoms with E-state index in [1.165, 1.54) is 11.8 Å². The molecule has 0 aromatic heterocycles. The second kappa shape index (κ2) is 8.37. The van der Waals surface area contributed by atoms with Gasteiger partial charge in [-0.3, -0.25) is 14.5 Å². The Morgan fingerprint density at radius 1 is 1.32 bits per heavy atom. The summed E-state index contributed by atoms with van der Waals surface area (Å²) in [5.74, 6) is -1.67. The van der Waals surface area contributed by atoms with E-state index in [1.54, 1.807) is 0 Å². The molecule has 0 radical (unpaired) electrons. The van der Waals surface area contributed by atoms with E-state index in [1.807, 2.05) is 30.3 Å². The molecule has 25 heavy (non-hydrogen) atoms. The number of nitrogens with one attached hydrogen (secondary N) is 1. The Bertz CT molecular complexity index is 731. The van der Waals surface area contributed by atoms with Crippen molar-refractivity contribution in [3.05, 3.63) is 47.2 Å². The van der Waals surface area contributed by atoms with E-state index < -0.39 is 29.9 Å². The van der Waals surface area contributed by atoms with E-state index in [4.69, 9.17) is 0 Å². The second-order valence-electron chi connectivity index (χ2n) is 5.53. The summed E-state index contributed by atoms with van der Waals surface area (Å²) >= 11 is 1.34. The van der Waals surface area contributed by atoms with Gasteiger partial charge in [-0.15, -0.1) is 11.8 Å². The molecule has 0 aliphatic carbocycles. The van der Waals surface area contributed by atoms with E-state index in [0.717, 1.165) is 10.5 Å². The molecule has 3 N–H and O–H groups in total. The SMILES string of the molecule is O=C(Cc1ccccc1)N[C@@H]1C(=O)N2C(C(=O)O)=C(CO)CS[C@H]12.[H-].[Na+].